The molecule has 20 heavy (non-hydrogen) atoms. The van der Waals surface area contributed by atoms with Crippen molar-refractivity contribution < 1.29 is 14.3 Å². The maximum atomic E-state index is 11.8. The van der Waals surface area contributed by atoms with E-state index in [0.29, 0.717) is 16.4 Å². The van der Waals surface area contributed by atoms with Crippen LogP contribution in [0.1, 0.15) is 33.4 Å². The van der Waals surface area contributed by atoms with E-state index in [1.807, 2.05) is 14.1 Å². The number of rotatable bonds is 7. The van der Waals surface area contributed by atoms with Crippen molar-refractivity contribution in [3.8, 4) is 0 Å². The summed E-state index contributed by atoms with van der Waals surface area (Å²) in [5.74, 6) is -0.680. The first-order valence-corrected chi connectivity index (χ1v) is 7.10. The summed E-state index contributed by atoms with van der Waals surface area (Å²) in [5.41, 5.74) is 6.33. The van der Waals surface area contributed by atoms with Crippen LogP contribution in [0.4, 0.5) is 10.7 Å². The van der Waals surface area contributed by atoms with Gasteiger partial charge in [0, 0.05) is 13.5 Å². The predicted molar refractivity (Wildman–Crippen MR) is 81.7 cm³/mol. The van der Waals surface area contributed by atoms with Crippen LogP contribution >= 0.6 is 11.3 Å². The summed E-state index contributed by atoms with van der Waals surface area (Å²) in [4.78, 5) is 25.7. The van der Waals surface area contributed by atoms with Gasteiger partial charge in [0.05, 0.1) is 17.7 Å². The molecule has 0 unspecified atom stereocenters. The molecule has 0 saturated heterocycles. The summed E-state index contributed by atoms with van der Waals surface area (Å²) in [6.45, 7) is 3.06. The van der Waals surface area contributed by atoms with Crippen molar-refractivity contribution in [2.24, 2.45) is 0 Å². The van der Waals surface area contributed by atoms with E-state index in [-0.39, 0.29) is 17.0 Å². The van der Waals surface area contributed by atoms with Gasteiger partial charge in [-0.1, -0.05) is 0 Å². The van der Waals surface area contributed by atoms with Gasteiger partial charge in [-0.2, -0.15) is 0 Å². The lowest BCUT2D eigenvalue weighted by Crippen LogP contribution is -2.17. The Morgan fingerprint density at radius 3 is 2.55 bits per heavy atom. The highest BCUT2D eigenvalue weighted by Crippen LogP contribution is 2.36. The molecule has 0 atom stereocenters. The molecule has 0 spiro atoms. The molecule has 1 aromatic rings. The van der Waals surface area contributed by atoms with Gasteiger partial charge in [-0.05, 0) is 27.1 Å². The summed E-state index contributed by atoms with van der Waals surface area (Å²) >= 11 is 1.20. The van der Waals surface area contributed by atoms with Crippen LogP contribution in [0.15, 0.2) is 0 Å². The zero-order valence-electron chi connectivity index (χ0n) is 12.3. The van der Waals surface area contributed by atoms with E-state index in [2.05, 4.69) is 10.2 Å². The van der Waals surface area contributed by atoms with Crippen LogP contribution in [0, 0.1) is 0 Å². The number of nitrogen functional groups attached to an aromatic ring is 1. The van der Waals surface area contributed by atoms with Crippen molar-refractivity contribution in [1.82, 2.24) is 4.90 Å². The van der Waals surface area contributed by atoms with Crippen molar-refractivity contribution in [1.29, 1.82) is 0 Å². The first-order chi connectivity index (χ1) is 9.38. The van der Waals surface area contributed by atoms with Crippen LogP contribution < -0.4 is 11.1 Å². The molecule has 0 radical (unpaired) electrons. The molecule has 6 nitrogen and oxygen atoms in total. The smallest absolute Gasteiger partial charge is 0.343 e. The number of thiophene rings is 1. The van der Waals surface area contributed by atoms with Crippen LogP contribution in [0.2, 0.25) is 0 Å². The van der Waals surface area contributed by atoms with Crippen molar-refractivity contribution in [3.63, 3.8) is 0 Å². The molecule has 0 fully saturated rings. The van der Waals surface area contributed by atoms with Gasteiger partial charge in [-0.25, -0.2) is 4.79 Å². The summed E-state index contributed by atoms with van der Waals surface area (Å²) < 4.78 is 4.72. The molecule has 1 heterocycles. The summed E-state index contributed by atoms with van der Waals surface area (Å²) in [6.07, 6.45) is 0.917. The Bertz CT molecular complexity index is 497. The first kappa shape index (κ1) is 16.5. The molecule has 112 valence electrons. The minimum Gasteiger partial charge on any atom is -0.465 e. The number of carbonyl (C=O) groups is 2. The van der Waals surface area contributed by atoms with E-state index in [1.54, 1.807) is 0 Å². The number of nitrogens with zero attached hydrogens (tertiary/aromatic N) is 1. The third kappa shape index (κ3) is 3.94. The standard InChI is InChI=1S/C13H21N3O3S/c1-8(17)11-10(14)9(13(18)19-4)12(20-11)15-6-5-7-16(2)3/h15H,5-7,14H2,1-4H3. The maximum absolute atomic E-state index is 11.8. The van der Waals surface area contributed by atoms with Crippen molar-refractivity contribution in [3.05, 3.63) is 10.4 Å². The second kappa shape index (κ2) is 7.25. The number of hydrogen-bond acceptors (Lipinski definition) is 7. The average molecular weight is 299 g/mol. The zero-order chi connectivity index (χ0) is 15.3. The Kier molecular flexibility index (Phi) is 5.97. The normalized spacial score (nSPS) is 10.7. The SMILES string of the molecule is COC(=O)c1c(NCCCN(C)C)sc(C(C)=O)c1N. The van der Waals surface area contributed by atoms with Crippen LogP contribution in [-0.2, 0) is 4.74 Å². The fraction of sp³-hybridized carbons (Fsp3) is 0.538. The second-order valence-electron chi connectivity index (χ2n) is 4.68. The minimum atomic E-state index is -0.527. The molecule has 0 saturated carbocycles. The van der Waals surface area contributed by atoms with E-state index in [4.69, 9.17) is 10.5 Å². The summed E-state index contributed by atoms with van der Waals surface area (Å²) in [6, 6.07) is 0. The fourth-order valence-corrected chi connectivity index (χ4v) is 2.76. The van der Waals surface area contributed by atoms with Gasteiger partial charge in [0.2, 0.25) is 0 Å². The molecule has 0 aliphatic carbocycles. The molecule has 7 heteroatoms. The van der Waals surface area contributed by atoms with Crippen LogP contribution in [0.5, 0.6) is 0 Å². The lowest BCUT2D eigenvalue weighted by molar-refractivity contribution is 0.0603. The molecular formula is C13H21N3O3S. The highest BCUT2D eigenvalue weighted by atomic mass is 32.1. The Morgan fingerprint density at radius 2 is 2.05 bits per heavy atom. The van der Waals surface area contributed by atoms with E-state index < -0.39 is 5.97 Å². The number of esters is 1. The summed E-state index contributed by atoms with van der Waals surface area (Å²) in [7, 11) is 5.29. The Labute approximate surface area is 122 Å². The Hall–Kier alpha value is -1.60. The molecule has 0 aliphatic rings. The number of ketones is 1. The van der Waals surface area contributed by atoms with Gasteiger partial charge in [-0.15, -0.1) is 11.3 Å². The molecule has 1 aromatic heterocycles. The van der Waals surface area contributed by atoms with Crippen molar-refractivity contribution in [2.75, 3.05) is 45.3 Å². The van der Waals surface area contributed by atoms with Crippen LogP contribution in [-0.4, -0.2) is 50.9 Å². The molecule has 1 rings (SSSR count). The Balaban J connectivity index is 2.90. The highest BCUT2D eigenvalue weighted by Gasteiger charge is 2.24. The predicted octanol–water partition coefficient (Wildman–Crippen LogP) is 1.68. The van der Waals surface area contributed by atoms with E-state index >= 15 is 0 Å². The summed E-state index contributed by atoms with van der Waals surface area (Å²) in [5, 5.41) is 3.75. The second-order valence-corrected chi connectivity index (χ2v) is 5.70. The maximum Gasteiger partial charge on any atom is 0.343 e. The quantitative estimate of drug-likeness (QED) is 0.453. The topological polar surface area (TPSA) is 84.7 Å². The van der Waals surface area contributed by atoms with Gasteiger partial charge in [0.25, 0.3) is 0 Å². The largest absolute Gasteiger partial charge is 0.465 e. The van der Waals surface area contributed by atoms with Crippen molar-refractivity contribution in [2.45, 2.75) is 13.3 Å². The molecule has 0 aliphatic heterocycles. The van der Waals surface area contributed by atoms with Crippen LogP contribution in [0.25, 0.3) is 0 Å². The van der Waals surface area contributed by atoms with Crippen molar-refractivity contribution >= 4 is 33.8 Å². The number of nitrogens with one attached hydrogen (secondary N) is 1. The average Bonchev–Trinajstić information content (AvgIpc) is 2.71. The van der Waals surface area contributed by atoms with E-state index in [0.717, 1.165) is 13.0 Å². The number of ether oxygens (including phenoxy) is 1. The number of nitrogens with two attached hydrogens (primary N) is 1. The minimum absolute atomic E-state index is 0.154. The van der Waals surface area contributed by atoms with Gasteiger partial charge >= 0.3 is 5.97 Å². The third-order valence-electron chi connectivity index (χ3n) is 2.72. The zero-order valence-corrected chi connectivity index (χ0v) is 13.1. The van der Waals surface area contributed by atoms with Gasteiger partial charge in [0.1, 0.15) is 10.6 Å². The van der Waals surface area contributed by atoms with Gasteiger partial charge in [-0.3, -0.25) is 4.79 Å². The molecule has 0 aromatic carbocycles. The number of methoxy groups -OCH3 is 1. The highest BCUT2D eigenvalue weighted by molar-refractivity contribution is 7.19. The number of carbonyl (C=O) groups excluding carboxylic acids is 2. The lowest BCUT2D eigenvalue weighted by atomic mass is 10.2. The van der Waals surface area contributed by atoms with Gasteiger partial charge < -0.3 is 20.7 Å². The number of Topliss-reactive ketones (excluding diaryl/α,β-unsaturated/α-hetero) is 1. The van der Waals surface area contributed by atoms with E-state index in [1.165, 1.54) is 25.4 Å². The third-order valence-corrected chi connectivity index (χ3v) is 3.99. The lowest BCUT2D eigenvalue weighted by Gasteiger charge is -2.10. The Morgan fingerprint density at radius 1 is 1.40 bits per heavy atom. The monoisotopic (exact) mass is 299 g/mol. The molecule has 3 N–H and O–H groups in total. The molecular weight excluding hydrogens is 278 g/mol. The first-order valence-electron chi connectivity index (χ1n) is 6.28. The number of anilines is 2. The molecule has 0 bridgehead atoms. The fourth-order valence-electron chi connectivity index (χ4n) is 1.73. The van der Waals surface area contributed by atoms with E-state index in [9.17, 15) is 9.59 Å². The van der Waals surface area contributed by atoms with Gasteiger partial charge in [0.15, 0.2) is 5.78 Å². The molecule has 0 amide bonds. The number of hydrogen-bond donors (Lipinski definition) is 2. The van der Waals surface area contributed by atoms with Crippen LogP contribution in [0.3, 0.4) is 0 Å².